The molecule has 1 aromatic carbocycles. The zero-order valence-corrected chi connectivity index (χ0v) is 27.3. The normalized spacial score (nSPS) is 19.7. The Kier molecular flexibility index (Phi) is 7.02. The van der Waals surface area contributed by atoms with Crippen molar-refractivity contribution >= 4 is 107 Å². The maximum absolute atomic E-state index is 13.6. The lowest BCUT2D eigenvalue weighted by Crippen LogP contribution is -2.81. The van der Waals surface area contributed by atoms with Gasteiger partial charge in [-0.15, -0.1) is 0 Å². The van der Waals surface area contributed by atoms with E-state index in [0.29, 0.717) is 11.4 Å². The van der Waals surface area contributed by atoms with E-state index < -0.39 is 0 Å². The Morgan fingerprint density at radius 3 is 2.00 bits per heavy atom. The minimum atomic E-state index is -0.248. The van der Waals surface area contributed by atoms with Gasteiger partial charge in [-0.2, -0.15) is 0 Å². The number of imidazole rings is 1. The van der Waals surface area contributed by atoms with E-state index in [2.05, 4.69) is 115 Å². The molecule has 1 aliphatic rings. The molecule has 1 amide bonds. The fourth-order valence-electron chi connectivity index (χ4n) is 7.15. The predicted octanol–water partition coefficient (Wildman–Crippen LogP) is -5.60. The highest BCUT2D eigenvalue weighted by Crippen LogP contribution is 2.69. The van der Waals surface area contributed by atoms with Gasteiger partial charge in [0.05, 0.1) is 59.0 Å². The molecule has 17 heteroatoms. The van der Waals surface area contributed by atoms with Crippen LogP contribution >= 0.6 is 0 Å². The monoisotopic (exact) mass is 546 g/mol. The quantitative estimate of drug-likeness (QED) is 0.260. The summed E-state index contributed by atoms with van der Waals surface area (Å²) >= 11 is 0. The molecule has 0 atom stereocenters. The van der Waals surface area contributed by atoms with Crippen LogP contribution < -0.4 is 10.2 Å². The van der Waals surface area contributed by atoms with Crippen molar-refractivity contribution in [1.82, 2.24) is 19.5 Å². The van der Waals surface area contributed by atoms with Crippen LogP contribution in [0.1, 0.15) is 16.2 Å². The zero-order chi connectivity index (χ0) is 31.0. The SMILES string of the molecule is BC1(B)N(c2cc(C(=O)Nc3cc4cc(-c5cnc(C)n5C)ccc4cn3)ccn2)C(B)(B)C(B)(B)C(B)(B)C1(B)B. The number of nitrogens with one attached hydrogen (secondary N) is 1. The summed E-state index contributed by atoms with van der Waals surface area (Å²) in [6.45, 7) is 1.99. The Morgan fingerprint density at radius 1 is 0.762 bits per heavy atom. The van der Waals surface area contributed by atoms with Crippen LogP contribution in [0, 0.1) is 6.92 Å². The van der Waals surface area contributed by atoms with Crippen LogP contribution in [0.2, 0.25) is 15.6 Å². The summed E-state index contributed by atoms with van der Waals surface area (Å²) in [4.78, 5) is 29.8. The average Bonchev–Trinajstić information content (AvgIpc) is 3.25. The number of amides is 1. The number of fused-ring (bicyclic) bond motifs is 1. The third-order valence-electron chi connectivity index (χ3n) is 12.0. The van der Waals surface area contributed by atoms with E-state index in [1.165, 1.54) is 0 Å². The summed E-state index contributed by atoms with van der Waals surface area (Å²) in [5.41, 5.74) is 2.65. The molecule has 0 unspecified atom stereocenters. The van der Waals surface area contributed by atoms with Gasteiger partial charge in [0.25, 0.3) is 5.91 Å². The van der Waals surface area contributed by atoms with Gasteiger partial charge in [0, 0.05) is 36.0 Å². The summed E-state index contributed by atoms with van der Waals surface area (Å²) in [5.74, 6) is 2.05. The van der Waals surface area contributed by atoms with Gasteiger partial charge in [0.1, 0.15) is 48.8 Å². The van der Waals surface area contributed by atoms with Crippen molar-refractivity contribution < 1.29 is 4.79 Å². The van der Waals surface area contributed by atoms with Crippen molar-refractivity contribution in [2.75, 3.05) is 10.2 Å². The number of hydrogen-bond donors (Lipinski definition) is 1. The molecule has 0 spiro atoms. The highest BCUT2D eigenvalue weighted by Gasteiger charge is 2.66. The van der Waals surface area contributed by atoms with Crippen LogP contribution in [-0.4, -0.2) is 115 Å². The molecule has 1 N–H and O–H groups in total. The molecule has 7 nitrogen and oxygen atoms in total. The van der Waals surface area contributed by atoms with E-state index >= 15 is 0 Å². The summed E-state index contributed by atoms with van der Waals surface area (Å²) in [5, 5.41) is 4.42. The fourth-order valence-corrected chi connectivity index (χ4v) is 7.15. The average molecular weight is 545 g/mol. The van der Waals surface area contributed by atoms with Crippen LogP contribution in [0.5, 0.6) is 0 Å². The molecule has 0 saturated carbocycles. The Morgan fingerprint density at radius 2 is 1.40 bits per heavy atom. The predicted molar refractivity (Wildman–Crippen MR) is 202 cm³/mol. The number of pyridine rings is 2. The van der Waals surface area contributed by atoms with Crippen LogP contribution in [0.4, 0.5) is 11.6 Å². The van der Waals surface area contributed by atoms with Gasteiger partial charge in [0.15, 0.2) is 0 Å². The first-order valence-corrected chi connectivity index (χ1v) is 14.8. The van der Waals surface area contributed by atoms with Gasteiger partial charge in [-0.25, -0.2) is 15.0 Å². The van der Waals surface area contributed by atoms with Gasteiger partial charge in [-0.05, 0) is 47.3 Å². The number of aromatic nitrogens is 4. The number of aryl methyl sites for hydroxylation is 1. The number of nitrogens with zero attached hydrogens (tertiary/aromatic N) is 5. The Labute approximate surface area is 258 Å². The summed E-state index contributed by atoms with van der Waals surface area (Å²) in [6.07, 6.45) is 5.42. The summed E-state index contributed by atoms with van der Waals surface area (Å²) < 4.78 is 2.07. The Bertz CT molecular complexity index is 1690. The van der Waals surface area contributed by atoms with E-state index in [1.807, 2.05) is 38.4 Å². The van der Waals surface area contributed by atoms with E-state index in [1.54, 1.807) is 18.5 Å². The summed E-state index contributed by atoms with van der Waals surface area (Å²) in [6, 6.07) is 11.9. The van der Waals surface area contributed by atoms with Crippen molar-refractivity contribution in [3.63, 3.8) is 0 Å². The van der Waals surface area contributed by atoms with Crippen LogP contribution in [0.3, 0.4) is 0 Å². The lowest BCUT2D eigenvalue weighted by Gasteiger charge is -2.77. The van der Waals surface area contributed by atoms with E-state index in [-0.39, 0.29) is 32.2 Å². The van der Waals surface area contributed by atoms with Gasteiger partial charge in [-0.1, -0.05) is 27.8 Å². The third-order valence-corrected chi connectivity index (χ3v) is 12.0. The molecule has 4 aromatic rings. The Hall–Kier alpha value is -3.09. The highest BCUT2D eigenvalue weighted by atomic mass is 16.1. The van der Waals surface area contributed by atoms with Gasteiger partial charge in [0.2, 0.25) is 0 Å². The molecule has 1 fully saturated rings. The maximum atomic E-state index is 13.6. The molecule has 0 bridgehead atoms. The van der Waals surface area contributed by atoms with Crippen molar-refractivity contribution in [2.45, 2.75) is 33.2 Å². The van der Waals surface area contributed by atoms with Crippen molar-refractivity contribution in [3.05, 3.63) is 66.4 Å². The first-order chi connectivity index (χ1) is 19.3. The first kappa shape index (κ1) is 30.4. The van der Waals surface area contributed by atoms with Crippen molar-refractivity contribution in [2.24, 2.45) is 7.05 Å². The minimum absolute atomic E-state index is 0.0235. The first-order valence-electron chi connectivity index (χ1n) is 14.8. The number of rotatable bonds is 4. The summed E-state index contributed by atoms with van der Waals surface area (Å²) in [7, 11) is 25.5. The second-order valence-electron chi connectivity index (χ2n) is 14.6. The van der Waals surface area contributed by atoms with Crippen molar-refractivity contribution in [3.8, 4) is 11.3 Å². The molecule has 1 aliphatic heterocycles. The Balaban J connectivity index is 1.48. The van der Waals surface area contributed by atoms with Crippen molar-refractivity contribution in [1.29, 1.82) is 0 Å². The van der Waals surface area contributed by atoms with Gasteiger partial charge >= 0.3 is 0 Å². The molecule has 5 rings (SSSR count). The third kappa shape index (κ3) is 4.24. The topological polar surface area (TPSA) is 75.9 Å². The second kappa shape index (κ2) is 9.72. The molecular formula is C25H36B10N6O. The number of benzene rings is 1. The van der Waals surface area contributed by atoms with Crippen LogP contribution in [0.15, 0.2) is 55.0 Å². The molecule has 0 radical (unpaired) electrons. The molecule has 202 valence electrons. The van der Waals surface area contributed by atoms with Gasteiger partial charge < -0.3 is 14.8 Å². The fraction of sp³-hybridized carbons (Fsp3) is 0.280. The number of piperidine rings is 1. The minimum Gasteiger partial charge on any atom is -0.379 e. The largest absolute Gasteiger partial charge is 0.379 e. The molecule has 42 heavy (non-hydrogen) atoms. The standard InChI is InChI=1S/C25H36B10N6O/c1-12-37-11-17(40(12)2)13-3-4-15-10-38-18(8-16(15)7-13)39-20(42)14-5-6-36-19(9-14)41-24(32,33)22(28,29)21(26,27)23(30,31)25(41,34)35/h3-11H,26-35H2,1-2H3,(H,38,39,42). The number of hydrogen-bond acceptors (Lipinski definition) is 5. The maximum Gasteiger partial charge on any atom is 0.257 e. The van der Waals surface area contributed by atoms with Gasteiger partial charge in [-0.3, -0.25) is 4.79 Å². The zero-order valence-electron chi connectivity index (χ0n) is 27.3. The lowest BCUT2D eigenvalue weighted by atomic mass is 9.05. The van der Waals surface area contributed by atoms with Crippen LogP contribution in [0.25, 0.3) is 22.0 Å². The molecule has 1 saturated heterocycles. The van der Waals surface area contributed by atoms with E-state index in [4.69, 9.17) is 4.98 Å². The highest BCUT2D eigenvalue weighted by molar-refractivity contribution is 6.71. The number of carbonyl (C=O) groups excluding carboxylic acids is 1. The molecule has 0 aliphatic carbocycles. The molecular weight excluding hydrogens is 508 g/mol. The number of carbonyl (C=O) groups is 1. The smallest absolute Gasteiger partial charge is 0.257 e. The lowest BCUT2D eigenvalue weighted by molar-refractivity contribution is 0.102. The molecule has 4 heterocycles. The second-order valence-corrected chi connectivity index (χ2v) is 14.6. The van der Waals surface area contributed by atoms with Crippen LogP contribution in [-0.2, 0) is 7.05 Å². The van der Waals surface area contributed by atoms with E-state index in [9.17, 15) is 4.79 Å². The van der Waals surface area contributed by atoms with E-state index in [0.717, 1.165) is 33.7 Å². The molecule has 3 aromatic heterocycles. The number of anilines is 2.